The van der Waals surface area contributed by atoms with Crippen LogP contribution in [0.3, 0.4) is 0 Å². The number of carboxylic acids is 4. The number of nitrogens with zero attached hydrogens (tertiary/aromatic N) is 8. The molecule has 0 radical (unpaired) electrons. The average molecular weight is 1130 g/mol. The fourth-order valence-electron chi connectivity index (χ4n) is 6.35. The van der Waals surface area contributed by atoms with Crippen LogP contribution in [0.15, 0.2) is 114 Å². The number of anilines is 6. The van der Waals surface area contributed by atoms with Crippen LogP contribution in [0.1, 0.15) is 11.1 Å². The Morgan fingerprint density at radius 1 is 0.474 bits per heavy atom. The molecule has 0 unspecified atom stereocenters. The molecular weight excluding hydrogens is 1100 g/mol. The maximum absolute atomic E-state index is 12.8. The summed E-state index contributed by atoms with van der Waals surface area (Å²) in [5.74, 6) is -7.69. The molecule has 0 saturated heterocycles. The van der Waals surface area contributed by atoms with Crippen LogP contribution in [0.25, 0.3) is 12.2 Å². The monoisotopic (exact) mass is 1130 g/mol. The van der Waals surface area contributed by atoms with Crippen molar-refractivity contribution in [2.45, 2.75) is 19.6 Å². The van der Waals surface area contributed by atoms with E-state index in [-0.39, 0.29) is 33.9 Å². The van der Waals surface area contributed by atoms with Gasteiger partial charge in [0.1, 0.15) is 36.0 Å². The van der Waals surface area contributed by atoms with Gasteiger partial charge in [0.25, 0.3) is 40.5 Å². The summed E-state index contributed by atoms with van der Waals surface area (Å²) in [4.78, 5) is 75.4. The minimum atomic E-state index is -5.17. The first-order valence-corrected chi connectivity index (χ1v) is 26.2. The van der Waals surface area contributed by atoms with Crippen molar-refractivity contribution in [3.8, 4) is 0 Å². The molecule has 0 amide bonds. The molecule has 36 heteroatoms. The van der Waals surface area contributed by atoms with Gasteiger partial charge in [-0.15, -0.1) is 0 Å². The molecule has 0 aliphatic heterocycles. The predicted octanol–water partition coefficient (Wildman–Crippen LogP) is 0.983. The molecule has 6 rings (SSSR count). The van der Waals surface area contributed by atoms with Crippen LogP contribution in [-0.2, 0) is 59.7 Å². The van der Waals surface area contributed by atoms with E-state index in [1.54, 1.807) is 0 Å². The molecule has 0 aliphatic carbocycles. The summed E-state index contributed by atoms with van der Waals surface area (Å²) in [7, 11) is -19.5. The Morgan fingerprint density at radius 3 is 1.07 bits per heavy atom. The highest BCUT2D eigenvalue weighted by atomic mass is 32.2. The largest absolute Gasteiger partial charge is 0.480 e. The van der Waals surface area contributed by atoms with Crippen molar-refractivity contribution in [2.24, 2.45) is 9.98 Å². The highest BCUT2D eigenvalue weighted by molar-refractivity contribution is 7.86. The molecule has 0 fully saturated rings. The minimum absolute atomic E-state index is 0.0959. The summed E-state index contributed by atoms with van der Waals surface area (Å²) < 4.78 is 136. The third kappa shape index (κ3) is 15.7. The summed E-state index contributed by atoms with van der Waals surface area (Å²) in [5, 5.41) is 43.2. The standard InChI is InChI=1S/C40H36N12O20S4/c53-31(54)17-51(18-32(55)56)39-47-35(41-23-7-11-27(12-8-23)73(61,62)63)45-37(49-39)43-25-5-3-21(29(15-25)75(67,68)69)1-2-22-4-6-26(16-30(22)76(70,71)72)44-38-46-36(42-24-9-13-28(14-10-24)74(64,65)66)48-40(50-38)52(19-33(57)58)20-34(59)60/h1-16H,17-20H2,(H,53,54)(H,55,56)(H,57,58)(H,59,60)(H,61,62,63)(H,64,65,66)(H,67,68,69)(H,70,71,72)(H2,41,43,45,47,49)(H2,42,44,46,48,50)/b2-1+. The number of carboxylic acid groups (broad SMARTS) is 4. The summed E-state index contributed by atoms with van der Waals surface area (Å²) in [6.07, 6.45) is 2.02. The second-order valence-electron chi connectivity index (χ2n) is 15.1. The van der Waals surface area contributed by atoms with Gasteiger partial charge < -0.3 is 40.9 Å². The molecule has 32 nitrogen and oxygen atoms in total. The number of aromatic amines is 2. The zero-order valence-electron chi connectivity index (χ0n) is 37.8. The highest BCUT2D eigenvalue weighted by Crippen LogP contribution is 2.28. The Balaban J connectivity index is 1.41. The Bertz CT molecular complexity index is 3640. The van der Waals surface area contributed by atoms with E-state index in [1.165, 1.54) is 36.4 Å². The van der Waals surface area contributed by atoms with Crippen LogP contribution in [0.2, 0.25) is 0 Å². The van der Waals surface area contributed by atoms with Crippen molar-refractivity contribution in [1.82, 2.24) is 29.9 Å². The van der Waals surface area contributed by atoms with Crippen molar-refractivity contribution in [3.63, 3.8) is 0 Å². The van der Waals surface area contributed by atoms with E-state index in [0.29, 0.717) is 0 Å². The molecule has 400 valence electrons. The first-order valence-electron chi connectivity index (χ1n) is 20.4. The number of nitrogens with one attached hydrogen (secondary N) is 4. The third-order valence-corrected chi connectivity index (χ3v) is 13.0. The van der Waals surface area contributed by atoms with Crippen LogP contribution < -0.4 is 31.7 Å². The first kappa shape index (κ1) is 56.3. The van der Waals surface area contributed by atoms with Gasteiger partial charge in [-0.25, -0.2) is 9.98 Å². The fourth-order valence-corrected chi connectivity index (χ4v) is 8.72. The maximum atomic E-state index is 12.8. The number of hydrogen-bond donors (Lipinski definition) is 12. The summed E-state index contributed by atoms with van der Waals surface area (Å²) in [6, 6.07) is 14.9. The molecule has 2 aromatic heterocycles. The van der Waals surface area contributed by atoms with Gasteiger partial charge in [-0.3, -0.25) is 47.4 Å². The Morgan fingerprint density at radius 2 is 0.789 bits per heavy atom. The van der Waals surface area contributed by atoms with E-state index in [1.807, 2.05) is 0 Å². The van der Waals surface area contributed by atoms with Crippen molar-refractivity contribution < 1.29 is 91.5 Å². The lowest BCUT2D eigenvalue weighted by atomic mass is 10.1. The summed E-state index contributed by atoms with van der Waals surface area (Å²) >= 11 is 0. The van der Waals surface area contributed by atoms with Gasteiger partial charge in [0.05, 0.1) is 21.2 Å². The van der Waals surface area contributed by atoms with Gasteiger partial charge in [-0.1, -0.05) is 24.3 Å². The lowest BCUT2D eigenvalue weighted by Gasteiger charge is -2.19. The number of hydrogen-bond acceptors (Lipinski definition) is 22. The molecule has 76 heavy (non-hydrogen) atoms. The van der Waals surface area contributed by atoms with Crippen molar-refractivity contribution in [1.29, 1.82) is 0 Å². The molecule has 0 saturated carbocycles. The van der Waals surface area contributed by atoms with Gasteiger partial charge in [0.15, 0.2) is 0 Å². The van der Waals surface area contributed by atoms with Crippen molar-refractivity contribution >= 4 is 123 Å². The highest BCUT2D eigenvalue weighted by Gasteiger charge is 2.22. The molecular formula is C40H36N12O20S4. The zero-order chi connectivity index (χ0) is 55.9. The van der Waals surface area contributed by atoms with Crippen LogP contribution in [0, 0.1) is 0 Å². The second kappa shape index (κ2) is 22.6. The minimum Gasteiger partial charge on any atom is -0.480 e. The lowest BCUT2D eigenvalue weighted by molar-refractivity contribution is -0.138. The van der Waals surface area contributed by atoms with E-state index < -0.39 is 145 Å². The SMILES string of the molecule is O=C(O)CN(CC(=O)O)c1nc(Nc2ccc(S(=O)(=O)O)cc2)nc(=Nc2ccc(/C=C/c3ccc(N=c4nc(Nc5ccc(S(=O)(=O)O)cc5)nc(N(CC(=O)O)CC(=O)O)[nH]4)cc3S(=O)(=O)O)c(S(=O)(=O)O)c2)[nH]1. The predicted molar refractivity (Wildman–Crippen MR) is 259 cm³/mol. The molecule has 0 spiro atoms. The zero-order valence-corrected chi connectivity index (χ0v) is 41.0. The molecule has 6 aromatic rings. The van der Waals surface area contributed by atoms with Crippen LogP contribution in [0.4, 0.5) is 46.5 Å². The van der Waals surface area contributed by atoms with E-state index in [2.05, 4.69) is 50.5 Å². The van der Waals surface area contributed by atoms with E-state index in [0.717, 1.165) is 70.5 Å². The van der Waals surface area contributed by atoms with E-state index in [4.69, 9.17) is 0 Å². The molecule has 0 aliphatic rings. The maximum Gasteiger partial charge on any atom is 0.323 e. The summed E-state index contributed by atoms with van der Waals surface area (Å²) in [6.45, 7) is -3.72. The normalized spacial score (nSPS) is 12.6. The van der Waals surface area contributed by atoms with Crippen molar-refractivity contribution in [2.75, 3.05) is 46.6 Å². The molecule has 2 heterocycles. The molecule has 4 aromatic carbocycles. The first-order chi connectivity index (χ1) is 35.4. The number of benzene rings is 4. The van der Waals surface area contributed by atoms with Crippen LogP contribution in [0.5, 0.6) is 0 Å². The average Bonchev–Trinajstić information content (AvgIpc) is 3.29. The van der Waals surface area contributed by atoms with Crippen LogP contribution in [-0.4, -0.2) is 152 Å². The fraction of sp³-hybridized carbons (Fsp3) is 0.100. The van der Waals surface area contributed by atoms with Gasteiger partial charge in [0.2, 0.25) is 35.0 Å². The van der Waals surface area contributed by atoms with Gasteiger partial charge in [0, 0.05) is 11.4 Å². The number of rotatable bonds is 22. The molecule has 12 N–H and O–H groups in total. The van der Waals surface area contributed by atoms with Gasteiger partial charge in [-0.05, 0) is 83.9 Å². The van der Waals surface area contributed by atoms with E-state index in [9.17, 15) is 91.5 Å². The Kier molecular flexibility index (Phi) is 16.7. The molecule has 0 atom stereocenters. The second-order valence-corrected chi connectivity index (χ2v) is 20.7. The van der Waals surface area contributed by atoms with Gasteiger partial charge in [-0.2, -0.15) is 53.6 Å². The Labute approximate surface area is 426 Å². The van der Waals surface area contributed by atoms with Crippen molar-refractivity contribution in [3.05, 3.63) is 107 Å². The quantitative estimate of drug-likeness (QED) is 0.0333. The lowest BCUT2D eigenvalue weighted by Crippen LogP contribution is -2.37. The molecule has 0 bridgehead atoms. The van der Waals surface area contributed by atoms with Crippen LogP contribution >= 0.6 is 0 Å². The Hall–Kier alpha value is -9.04. The summed E-state index contributed by atoms with van der Waals surface area (Å²) in [5.41, 5.74) is -1.96. The number of aromatic nitrogens is 6. The van der Waals surface area contributed by atoms with Gasteiger partial charge >= 0.3 is 23.9 Å². The topological polar surface area (TPSA) is 505 Å². The smallest absolute Gasteiger partial charge is 0.323 e. The number of aliphatic carboxylic acids is 4. The third-order valence-electron chi connectivity index (χ3n) is 9.48. The number of H-pyrrole nitrogens is 2. The van der Waals surface area contributed by atoms with E-state index >= 15 is 0 Å². The number of carbonyl (C=O) groups is 4.